The Morgan fingerprint density at radius 1 is 1.33 bits per heavy atom. The van der Waals surface area contributed by atoms with Crippen molar-refractivity contribution in [2.24, 2.45) is 0 Å². The molecule has 0 spiro atoms. The van der Waals surface area contributed by atoms with Crippen molar-refractivity contribution in [3.8, 4) is 0 Å². The van der Waals surface area contributed by atoms with Gasteiger partial charge in [-0.15, -0.1) is 11.6 Å². The summed E-state index contributed by atoms with van der Waals surface area (Å²) in [4.78, 5) is 2.13. The van der Waals surface area contributed by atoms with Crippen molar-refractivity contribution in [3.05, 3.63) is 0 Å². The summed E-state index contributed by atoms with van der Waals surface area (Å²) in [5.41, 5.74) is 0. The monoisotopic (exact) mass is 255 g/mol. The minimum Gasteiger partial charge on any atom is -0.306 e. The molecule has 0 fully saturated rings. The molecule has 0 amide bonds. The Morgan fingerprint density at radius 2 is 1.93 bits per heavy atom. The predicted octanol–water partition coefficient (Wildman–Crippen LogP) is 1.76. The molecule has 0 heterocycles. The molecule has 15 heavy (non-hydrogen) atoms. The first kappa shape index (κ1) is 15.2. The van der Waals surface area contributed by atoms with Crippen LogP contribution >= 0.6 is 11.6 Å². The zero-order valence-electron chi connectivity index (χ0n) is 9.87. The van der Waals surface area contributed by atoms with Gasteiger partial charge < -0.3 is 4.90 Å². The highest BCUT2D eigenvalue weighted by Crippen LogP contribution is 2.02. The highest BCUT2D eigenvalue weighted by molar-refractivity contribution is 7.91. The fourth-order valence-electron chi connectivity index (χ4n) is 1.21. The summed E-state index contributed by atoms with van der Waals surface area (Å²) < 4.78 is 22.4. The van der Waals surface area contributed by atoms with Gasteiger partial charge in [-0.05, 0) is 39.9 Å². The molecule has 1 unspecified atom stereocenters. The van der Waals surface area contributed by atoms with Gasteiger partial charge in [-0.2, -0.15) is 0 Å². The molecule has 0 aromatic rings. The highest BCUT2D eigenvalue weighted by atomic mass is 35.5. The van der Waals surface area contributed by atoms with Crippen LogP contribution in [0.2, 0.25) is 0 Å². The minimum absolute atomic E-state index is 0.187. The molecule has 5 heteroatoms. The molecule has 3 nitrogen and oxygen atoms in total. The predicted molar refractivity (Wildman–Crippen MR) is 66.4 cm³/mol. The zero-order chi connectivity index (χ0) is 11.9. The fraction of sp³-hybridized carbons (Fsp3) is 1.00. The first-order valence-electron chi connectivity index (χ1n) is 5.40. The van der Waals surface area contributed by atoms with E-state index in [4.69, 9.17) is 11.6 Å². The van der Waals surface area contributed by atoms with Crippen molar-refractivity contribution in [1.29, 1.82) is 0 Å². The maximum Gasteiger partial charge on any atom is 0.150 e. The Kier molecular flexibility index (Phi) is 7.57. The maximum absolute atomic E-state index is 11.2. The number of halogens is 1. The second-order valence-corrected chi connectivity index (χ2v) is 7.18. The van der Waals surface area contributed by atoms with Gasteiger partial charge in [0.15, 0.2) is 0 Å². The average Bonchev–Trinajstić information content (AvgIpc) is 2.14. The molecular formula is C10H22ClNO2S. The smallest absolute Gasteiger partial charge is 0.150 e. The molecule has 0 aromatic heterocycles. The Balaban J connectivity index is 3.59. The molecule has 1 atom stereocenters. The molecule has 0 saturated heterocycles. The van der Waals surface area contributed by atoms with Crippen molar-refractivity contribution in [2.45, 2.75) is 32.1 Å². The fourth-order valence-corrected chi connectivity index (χ4v) is 2.16. The maximum atomic E-state index is 11.2. The Morgan fingerprint density at radius 3 is 2.40 bits per heavy atom. The molecule has 0 aliphatic rings. The lowest BCUT2D eigenvalue weighted by molar-refractivity contribution is 0.330. The lowest BCUT2D eigenvalue weighted by Gasteiger charge is -2.16. The van der Waals surface area contributed by atoms with Crippen LogP contribution < -0.4 is 0 Å². The standard InChI is InChI=1S/C10H22ClNO2S/c1-4-15(13,14)9-5-7-12(3)8-6-10(2)11/h10H,4-9H2,1-3H3. The van der Waals surface area contributed by atoms with Crippen molar-refractivity contribution in [2.75, 3.05) is 31.6 Å². The third kappa shape index (κ3) is 9.15. The molecule has 0 aliphatic heterocycles. The van der Waals surface area contributed by atoms with Crippen LogP contribution in [0.3, 0.4) is 0 Å². The van der Waals surface area contributed by atoms with Crippen molar-refractivity contribution >= 4 is 21.4 Å². The van der Waals surface area contributed by atoms with E-state index >= 15 is 0 Å². The second kappa shape index (κ2) is 7.47. The van der Waals surface area contributed by atoms with E-state index in [0.29, 0.717) is 12.2 Å². The van der Waals surface area contributed by atoms with Crippen LogP contribution in [-0.2, 0) is 9.84 Å². The van der Waals surface area contributed by atoms with E-state index in [9.17, 15) is 8.42 Å². The zero-order valence-corrected chi connectivity index (χ0v) is 11.4. The molecule has 92 valence electrons. The van der Waals surface area contributed by atoms with Crippen LogP contribution in [0.25, 0.3) is 0 Å². The van der Waals surface area contributed by atoms with Crippen molar-refractivity contribution < 1.29 is 8.42 Å². The molecule has 0 N–H and O–H groups in total. The van der Waals surface area contributed by atoms with Gasteiger partial charge in [-0.25, -0.2) is 8.42 Å². The van der Waals surface area contributed by atoms with Crippen LogP contribution in [0, 0.1) is 0 Å². The second-order valence-electron chi connectivity index (χ2n) is 3.96. The van der Waals surface area contributed by atoms with Crippen LogP contribution in [-0.4, -0.2) is 50.3 Å². The average molecular weight is 256 g/mol. The first-order chi connectivity index (χ1) is 6.87. The topological polar surface area (TPSA) is 37.4 Å². The normalized spacial score (nSPS) is 14.5. The summed E-state index contributed by atoms with van der Waals surface area (Å²) >= 11 is 5.83. The van der Waals surface area contributed by atoms with Gasteiger partial charge in [0.2, 0.25) is 0 Å². The summed E-state index contributed by atoms with van der Waals surface area (Å²) in [5, 5.41) is 0.187. The third-order valence-electron chi connectivity index (χ3n) is 2.34. The number of nitrogens with zero attached hydrogens (tertiary/aromatic N) is 1. The number of hydrogen-bond acceptors (Lipinski definition) is 3. The highest BCUT2D eigenvalue weighted by Gasteiger charge is 2.08. The minimum atomic E-state index is -2.80. The van der Waals surface area contributed by atoms with Crippen LogP contribution in [0.5, 0.6) is 0 Å². The van der Waals surface area contributed by atoms with Gasteiger partial charge in [0, 0.05) is 11.1 Å². The quantitative estimate of drug-likeness (QED) is 0.621. The van der Waals surface area contributed by atoms with Gasteiger partial charge >= 0.3 is 0 Å². The van der Waals surface area contributed by atoms with Gasteiger partial charge in [-0.1, -0.05) is 6.92 Å². The molecule has 0 radical (unpaired) electrons. The molecule has 0 aromatic carbocycles. The van der Waals surface area contributed by atoms with Gasteiger partial charge in [0.05, 0.1) is 5.75 Å². The van der Waals surface area contributed by atoms with Crippen LogP contribution in [0.4, 0.5) is 0 Å². The van der Waals surface area contributed by atoms with Crippen LogP contribution in [0.15, 0.2) is 0 Å². The summed E-state index contributed by atoms with van der Waals surface area (Å²) in [7, 11) is -0.801. The molecule has 0 bridgehead atoms. The number of rotatable bonds is 8. The van der Waals surface area contributed by atoms with E-state index < -0.39 is 9.84 Å². The van der Waals surface area contributed by atoms with E-state index in [2.05, 4.69) is 4.90 Å². The van der Waals surface area contributed by atoms with E-state index in [1.807, 2.05) is 14.0 Å². The van der Waals surface area contributed by atoms with E-state index in [1.165, 1.54) is 0 Å². The third-order valence-corrected chi connectivity index (χ3v) is 4.35. The summed E-state index contributed by atoms with van der Waals surface area (Å²) in [5.74, 6) is 0.541. The number of hydrogen-bond donors (Lipinski definition) is 0. The van der Waals surface area contributed by atoms with Gasteiger partial charge in [-0.3, -0.25) is 0 Å². The molecular weight excluding hydrogens is 234 g/mol. The lowest BCUT2D eigenvalue weighted by atomic mass is 10.3. The largest absolute Gasteiger partial charge is 0.306 e. The summed E-state index contributed by atoms with van der Waals surface area (Å²) in [6.07, 6.45) is 1.65. The number of sulfone groups is 1. The van der Waals surface area contributed by atoms with Crippen molar-refractivity contribution in [3.63, 3.8) is 0 Å². The van der Waals surface area contributed by atoms with E-state index in [1.54, 1.807) is 6.92 Å². The van der Waals surface area contributed by atoms with E-state index in [0.717, 1.165) is 19.5 Å². The number of alkyl halides is 1. The summed E-state index contributed by atoms with van der Waals surface area (Å²) in [6, 6.07) is 0. The van der Waals surface area contributed by atoms with Gasteiger partial charge in [0.25, 0.3) is 0 Å². The van der Waals surface area contributed by atoms with E-state index in [-0.39, 0.29) is 11.1 Å². The van der Waals surface area contributed by atoms with Crippen LogP contribution in [0.1, 0.15) is 26.7 Å². The Labute approximate surface area is 98.7 Å². The van der Waals surface area contributed by atoms with Gasteiger partial charge in [0.1, 0.15) is 9.84 Å². The Hall–Kier alpha value is 0.200. The molecule has 0 aliphatic carbocycles. The molecule has 0 rings (SSSR count). The molecule has 0 saturated carbocycles. The summed E-state index contributed by atoms with van der Waals surface area (Å²) in [6.45, 7) is 5.41. The lowest BCUT2D eigenvalue weighted by Crippen LogP contribution is -2.24. The Bertz CT molecular complexity index is 252. The SMILES string of the molecule is CCS(=O)(=O)CCCN(C)CCC(C)Cl. The first-order valence-corrected chi connectivity index (χ1v) is 7.66. The van der Waals surface area contributed by atoms with Crippen molar-refractivity contribution in [1.82, 2.24) is 4.90 Å².